The first-order chi connectivity index (χ1) is 14.5. The monoisotopic (exact) mass is 399 g/mol. The zero-order chi connectivity index (χ0) is 21.6. The van der Waals surface area contributed by atoms with Crippen LogP contribution in [0.3, 0.4) is 0 Å². The third-order valence-electron chi connectivity index (χ3n) is 7.31. The molecule has 0 N–H and O–H groups in total. The first-order valence-electron chi connectivity index (χ1n) is 11.6. The van der Waals surface area contributed by atoms with Gasteiger partial charge in [0.2, 0.25) is 0 Å². The van der Waals surface area contributed by atoms with Gasteiger partial charge in [0.15, 0.2) is 0 Å². The van der Waals surface area contributed by atoms with Crippen LogP contribution >= 0.6 is 0 Å². The lowest BCUT2D eigenvalue weighted by Crippen LogP contribution is -2.42. The molecule has 0 fully saturated rings. The molecule has 158 valence electrons. The van der Waals surface area contributed by atoms with Gasteiger partial charge in [-0.15, -0.1) is 0 Å². The summed E-state index contributed by atoms with van der Waals surface area (Å²) >= 11 is 0. The Kier molecular flexibility index (Phi) is 7.02. The summed E-state index contributed by atoms with van der Waals surface area (Å²) in [4.78, 5) is 2.54. The second-order valence-corrected chi connectivity index (χ2v) is 8.59. The Balaban J connectivity index is 2.15. The molecule has 0 radical (unpaired) electrons. The molecule has 0 amide bonds. The Morgan fingerprint density at radius 3 is 1.30 bits per heavy atom. The minimum Gasteiger partial charge on any atom is -0.331 e. The highest BCUT2D eigenvalue weighted by molar-refractivity contribution is 5.67. The summed E-state index contributed by atoms with van der Waals surface area (Å²) in [5, 5.41) is 0. The number of hydrogen-bond donors (Lipinski definition) is 0. The van der Waals surface area contributed by atoms with Gasteiger partial charge in [0.25, 0.3) is 0 Å². The Morgan fingerprint density at radius 2 is 0.933 bits per heavy atom. The number of benzene rings is 3. The molecule has 1 heteroatoms. The van der Waals surface area contributed by atoms with Crippen LogP contribution < -0.4 is 4.90 Å². The fourth-order valence-corrected chi connectivity index (χ4v) is 4.74. The molecule has 0 spiro atoms. The van der Waals surface area contributed by atoms with Crippen LogP contribution in [0, 0.1) is 0 Å². The molecular formula is C29H37N. The summed E-state index contributed by atoms with van der Waals surface area (Å²) < 4.78 is 0. The molecule has 1 nitrogen and oxygen atoms in total. The van der Waals surface area contributed by atoms with E-state index in [9.17, 15) is 0 Å². The molecule has 0 bridgehead atoms. The van der Waals surface area contributed by atoms with Gasteiger partial charge in [-0.1, -0.05) is 95.3 Å². The SMILES string of the molecule is CCC(C)(CC)c1ccc(C(CC)(CC)N(c2ccccc2)c2ccccc2)cc1. The van der Waals surface area contributed by atoms with Crippen LogP contribution in [-0.2, 0) is 11.0 Å². The van der Waals surface area contributed by atoms with Gasteiger partial charge in [-0.3, -0.25) is 0 Å². The molecule has 0 saturated heterocycles. The van der Waals surface area contributed by atoms with Crippen LogP contribution in [0.25, 0.3) is 0 Å². The molecule has 0 aliphatic rings. The van der Waals surface area contributed by atoms with Crippen LogP contribution in [-0.4, -0.2) is 0 Å². The third-order valence-corrected chi connectivity index (χ3v) is 7.31. The van der Waals surface area contributed by atoms with Gasteiger partial charge >= 0.3 is 0 Å². The molecule has 0 atom stereocenters. The zero-order valence-corrected chi connectivity index (χ0v) is 19.4. The van der Waals surface area contributed by atoms with Crippen LogP contribution in [0.5, 0.6) is 0 Å². The lowest BCUT2D eigenvalue weighted by molar-refractivity contribution is 0.402. The van der Waals surface area contributed by atoms with E-state index in [1.807, 2.05) is 0 Å². The number of nitrogens with zero attached hydrogens (tertiary/aromatic N) is 1. The molecule has 0 aliphatic carbocycles. The van der Waals surface area contributed by atoms with Gasteiger partial charge in [-0.25, -0.2) is 0 Å². The molecule has 3 aromatic carbocycles. The van der Waals surface area contributed by atoms with Crippen LogP contribution in [0.4, 0.5) is 11.4 Å². The van der Waals surface area contributed by atoms with Crippen molar-refractivity contribution in [3.63, 3.8) is 0 Å². The van der Waals surface area contributed by atoms with Gasteiger partial charge < -0.3 is 4.90 Å². The maximum Gasteiger partial charge on any atom is 0.0697 e. The average molecular weight is 400 g/mol. The van der Waals surface area contributed by atoms with E-state index in [-0.39, 0.29) is 11.0 Å². The first-order valence-corrected chi connectivity index (χ1v) is 11.6. The maximum absolute atomic E-state index is 2.54. The molecule has 3 aromatic rings. The van der Waals surface area contributed by atoms with E-state index in [2.05, 4.69) is 124 Å². The highest BCUT2D eigenvalue weighted by Crippen LogP contribution is 2.44. The van der Waals surface area contributed by atoms with E-state index in [4.69, 9.17) is 0 Å². The van der Waals surface area contributed by atoms with E-state index in [1.54, 1.807) is 0 Å². The Bertz CT molecular complexity index is 849. The molecule has 3 rings (SSSR count). The van der Waals surface area contributed by atoms with Gasteiger partial charge in [-0.2, -0.15) is 0 Å². The van der Waals surface area contributed by atoms with Gasteiger partial charge in [0, 0.05) is 11.4 Å². The smallest absolute Gasteiger partial charge is 0.0697 e. The minimum atomic E-state index is -0.101. The summed E-state index contributed by atoms with van der Waals surface area (Å²) in [5.74, 6) is 0. The standard InChI is InChI=1S/C29H37N/c1-6-28(5,7-2)24-20-22-25(23-21-24)29(8-3,9-4)30(26-16-12-10-13-17-26)27-18-14-11-15-19-27/h10-23H,6-9H2,1-5H3. The van der Waals surface area contributed by atoms with Crippen molar-refractivity contribution in [1.29, 1.82) is 0 Å². The summed E-state index contributed by atoms with van der Waals surface area (Å²) in [6, 6.07) is 31.2. The Labute approximate surface area is 183 Å². The molecule has 0 saturated carbocycles. The van der Waals surface area contributed by atoms with Crippen molar-refractivity contribution in [2.24, 2.45) is 0 Å². The lowest BCUT2D eigenvalue weighted by atomic mass is 9.76. The average Bonchev–Trinajstić information content (AvgIpc) is 2.83. The molecule has 0 heterocycles. The number of rotatable bonds is 9. The van der Waals surface area contributed by atoms with E-state index >= 15 is 0 Å². The summed E-state index contributed by atoms with van der Waals surface area (Å²) in [6.07, 6.45) is 4.39. The van der Waals surface area contributed by atoms with Crippen molar-refractivity contribution in [2.75, 3.05) is 4.90 Å². The lowest BCUT2D eigenvalue weighted by Gasteiger charge is -2.45. The quantitative estimate of drug-likeness (QED) is 0.348. The van der Waals surface area contributed by atoms with Crippen molar-refractivity contribution >= 4 is 11.4 Å². The number of para-hydroxylation sites is 2. The number of hydrogen-bond acceptors (Lipinski definition) is 1. The van der Waals surface area contributed by atoms with Gasteiger partial charge in [0.1, 0.15) is 0 Å². The molecule has 0 aromatic heterocycles. The fourth-order valence-electron chi connectivity index (χ4n) is 4.74. The minimum absolute atomic E-state index is 0.101. The highest BCUT2D eigenvalue weighted by atomic mass is 15.2. The maximum atomic E-state index is 2.54. The highest BCUT2D eigenvalue weighted by Gasteiger charge is 2.37. The van der Waals surface area contributed by atoms with Crippen molar-refractivity contribution in [2.45, 2.75) is 71.3 Å². The largest absolute Gasteiger partial charge is 0.331 e. The topological polar surface area (TPSA) is 3.24 Å². The van der Waals surface area contributed by atoms with Crippen LogP contribution in [0.15, 0.2) is 84.9 Å². The molecule has 0 aliphatic heterocycles. The summed E-state index contributed by atoms with van der Waals surface area (Å²) in [6.45, 7) is 11.6. The van der Waals surface area contributed by atoms with Crippen LogP contribution in [0.2, 0.25) is 0 Å². The Morgan fingerprint density at radius 1 is 0.533 bits per heavy atom. The van der Waals surface area contributed by atoms with Crippen molar-refractivity contribution in [3.05, 3.63) is 96.1 Å². The summed E-state index contributed by atoms with van der Waals surface area (Å²) in [5.41, 5.74) is 5.46. The summed E-state index contributed by atoms with van der Waals surface area (Å²) in [7, 11) is 0. The predicted molar refractivity (Wildman–Crippen MR) is 132 cm³/mol. The van der Waals surface area contributed by atoms with Crippen molar-refractivity contribution in [3.8, 4) is 0 Å². The van der Waals surface area contributed by atoms with Crippen molar-refractivity contribution in [1.82, 2.24) is 0 Å². The van der Waals surface area contributed by atoms with Gasteiger partial charge in [0.05, 0.1) is 5.54 Å². The fraction of sp³-hybridized carbons (Fsp3) is 0.379. The van der Waals surface area contributed by atoms with Crippen molar-refractivity contribution < 1.29 is 0 Å². The zero-order valence-electron chi connectivity index (χ0n) is 19.4. The second-order valence-electron chi connectivity index (χ2n) is 8.59. The predicted octanol–water partition coefficient (Wildman–Crippen LogP) is 8.62. The first kappa shape index (κ1) is 22.2. The van der Waals surface area contributed by atoms with E-state index in [0.717, 1.165) is 25.7 Å². The van der Waals surface area contributed by atoms with E-state index in [0.29, 0.717) is 0 Å². The second kappa shape index (κ2) is 9.51. The van der Waals surface area contributed by atoms with E-state index in [1.165, 1.54) is 22.5 Å². The van der Waals surface area contributed by atoms with Crippen LogP contribution in [0.1, 0.15) is 71.4 Å². The molecule has 30 heavy (non-hydrogen) atoms. The normalized spacial score (nSPS) is 12.0. The molecular weight excluding hydrogens is 362 g/mol. The Hall–Kier alpha value is -2.54. The molecule has 0 unspecified atom stereocenters. The van der Waals surface area contributed by atoms with E-state index < -0.39 is 0 Å². The number of anilines is 2. The van der Waals surface area contributed by atoms with Gasteiger partial charge in [-0.05, 0) is 66.5 Å². The third kappa shape index (κ3) is 4.03.